The summed E-state index contributed by atoms with van der Waals surface area (Å²) in [5.74, 6) is 0. The first-order valence-corrected chi connectivity index (χ1v) is 3.07. The molecular weight excluding hydrogens is 161 g/mol. The van der Waals surface area contributed by atoms with E-state index in [-0.39, 0.29) is 0 Å². The van der Waals surface area contributed by atoms with Crippen molar-refractivity contribution in [2.24, 2.45) is 5.41 Å². The Balaban J connectivity index is 4.35. The zero-order valence-corrected chi connectivity index (χ0v) is 6.31. The number of rotatable bonds is 2. The Morgan fingerprint density at radius 3 is 1.73 bits per heavy atom. The van der Waals surface area contributed by atoms with E-state index in [1.807, 2.05) is 0 Å². The van der Waals surface area contributed by atoms with Crippen LogP contribution in [0.3, 0.4) is 0 Å². The standard InChI is InChI=1S/C6H11F3O2/c1-5(2,3-10)4(11)6(7,8)9/h4,10-11H,3H2,1-2H3/t4-/m0/s1. The molecule has 1 atom stereocenters. The highest BCUT2D eigenvalue weighted by Crippen LogP contribution is 2.32. The van der Waals surface area contributed by atoms with E-state index in [9.17, 15) is 13.2 Å². The molecule has 0 aliphatic carbocycles. The van der Waals surface area contributed by atoms with Gasteiger partial charge in [0.2, 0.25) is 0 Å². The molecule has 2 N–H and O–H groups in total. The van der Waals surface area contributed by atoms with E-state index in [1.165, 1.54) is 0 Å². The molecule has 0 aliphatic rings. The fraction of sp³-hybridized carbons (Fsp3) is 1.00. The molecule has 0 unspecified atom stereocenters. The number of aliphatic hydroxyl groups excluding tert-OH is 2. The largest absolute Gasteiger partial charge is 0.414 e. The van der Waals surface area contributed by atoms with E-state index in [4.69, 9.17) is 10.2 Å². The minimum Gasteiger partial charge on any atom is -0.396 e. The Labute approximate surface area is 62.6 Å². The minimum atomic E-state index is -4.66. The van der Waals surface area contributed by atoms with Crippen LogP contribution in [-0.4, -0.2) is 29.1 Å². The third kappa shape index (κ3) is 2.67. The molecule has 0 fully saturated rings. The van der Waals surface area contributed by atoms with Crippen molar-refractivity contribution >= 4 is 0 Å². The van der Waals surface area contributed by atoms with Crippen LogP contribution >= 0.6 is 0 Å². The summed E-state index contributed by atoms with van der Waals surface area (Å²) in [6.07, 6.45) is -7.13. The second-order valence-electron chi connectivity index (χ2n) is 3.09. The summed E-state index contributed by atoms with van der Waals surface area (Å²) in [6, 6.07) is 0. The van der Waals surface area contributed by atoms with Gasteiger partial charge in [-0.1, -0.05) is 13.8 Å². The van der Waals surface area contributed by atoms with Gasteiger partial charge in [0.25, 0.3) is 0 Å². The summed E-state index contributed by atoms with van der Waals surface area (Å²) in [5.41, 5.74) is -1.53. The molecule has 0 spiro atoms. The summed E-state index contributed by atoms with van der Waals surface area (Å²) in [4.78, 5) is 0. The van der Waals surface area contributed by atoms with E-state index in [0.29, 0.717) is 0 Å². The van der Waals surface area contributed by atoms with Crippen LogP contribution in [0.5, 0.6) is 0 Å². The number of hydrogen-bond acceptors (Lipinski definition) is 2. The van der Waals surface area contributed by atoms with Crippen molar-refractivity contribution in [2.45, 2.75) is 26.1 Å². The van der Waals surface area contributed by atoms with E-state index in [1.54, 1.807) is 0 Å². The maximum absolute atomic E-state index is 11.8. The van der Waals surface area contributed by atoms with Gasteiger partial charge in [0.05, 0.1) is 6.61 Å². The van der Waals surface area contributed by atoms with Crippen LogP contribution in [0.1, 0.15) is 13.8 Å². The molecule has 0 saturated carbocycles. The Hall–Kier alpha value is -0.290. The van der Waals surface area contributed by atoms with Crippen LogP contribution in [0.2, 0.25) is 0 Å². The maximum atomic E-state index is 11.8. The number of halogens is 3. The molecule has 0 amide bonds. The lowest BCUT2D eigenvalue weighted by Gasteiger charge is -2.29. The van der Waals surface area contributed by atoms with Gasteiger partial charge in [-0.3, -0.25) is 0 Å². The quantitative estimate of drug-likeness (QED) is 0.650. The molecule has 2 nitrogen and oxygen atoms in total. The Morgan fingerprint density at radius 1 is 1.27 bits per heavy atom. The van der Waals surface area contributed by atoms with Crippen LogP contribution in [0.25, 0.3) is 0 Å². The fourth-order valence-electron chi connectivity index (χ4n) is 0.530. The van der Waals surface area contributed by atoms with Crippen LogP contribution in [-0.2, 0) is 0 Å². The summed E-state index contributed by atoms with van der Waals surface area (Å²) < 4.78 is 35.3. The van der Waals surface area contributed by atoms with E-state index < -0.39 is 24.3 Å². The summed E-state index contributed by atoms with van der Waals surface area (Å²) in [5, 5.41) is 17.1. The molecular formula is C6H11F3O2. The van der Waals surface area contributed by atoms with E-state index >= 15 is 0 Å². The number of alkyl halides is 3. The molecule has 11 heavy (non-hydrogen) atoms. The van der Waals surface area contributed by atoms with Gasteiger partial charge in [0.15, 0.2) is 6.10 Å². The van der Waals surface area contributed by atoms with Crippen LogP contribution < -0.4 is 0 Å². The van der Waals surface area contributed by atoms with Crippen molar-refractivity contribution in [3.63, 3.8) is 0 Å². The predicted octanol–water partition coefficient (Wildman–Crippen LogP) is 0.928. The van der Waals surface area contributed by atoms with Gasteiger partial charge < -0.3 is 10.2 Å². The summed E-state index contributed by atoms with van der Waals surface area (Å²) >= 11 is 0. The third-order valence-electron chi connectivity index (χ3n) is 1.46. The van der Waals surface area contributed by atoms with Crippen LogP contribution in [0.15, 0.2) is 0 Å². The average molecular weight is 172 g/mol. The monoisotopic (exact) mass is 172 g/mol. The van der Waals surface area contributed by atoms with Gasteiger partial charge in [0, 0.05) is 5.41 Å². The Bertz CT molecular complexity index is 130. The van der Waals surface area contributed by atoms with Crippen molar-refractivity contribution in [3.8, 4) is 0 Å². The smallest absolute Gasteiger partial charge is 0.396 e. The van der Waals surface area contributed by atoms with Crippen molar-refractivity contribution < 1.29 is 23.4 Å². The highest BCUT2D eigenvalue weighted by Gasteiger charge is 2.47. The minimum absolute atomic E-state index is 0.701. The average Bonchev–Trinajstić information content (AvgIpc) is 1.84. The van der Waals surface area contributed by atoms with E-state index in [0.717, 1.165) is 13.8 Å². The highest BCUT2D eigenvalue weighted by molar-refractivity contribution is 4.82. The molecule has 0 aromatic carbocycles. The van der Waals surface area contributed by atoms with Gasteiger partial charge in [-0.2, -0.15) is 13.2 Å². The first-order valence-electron chi connectivity index (χ1n) is 3.07. The Morgan fingerprint density at radius 2 is 1.64 bits per heavy atom. The lowest BCUT2D eigenvalue weighted by molar-refractivity contribution is -0.238. The number of aliphatic hydroxyl groups is 2. The third-order valence-corrected chi connectivity index (χ3v) is 1.46. The normalized spacial score (nSPS) is 16.6. The van der Waals surface area contributed by atoms with Gasteiger partial charge in [-0.25, -0.2) is 0 Å². The maximum Gasteiger partial charge on any atom is 0.414 e. The molecule has 0 radical (unpaired) electrons. The van der Waals surface area contributed by atoms with Crippen LogP contribution in [0, 0.1) is 5.41 Å². The van der Waals surface area contributed by atoms with Gasteiger partial charge >= 0.3 is 6.18 Å². The van der Waals surface area contributed by atoms with Crippen molar-refractivity contribution in [1.29, 1.82) is 0 Å². The zero-order chi connectivity index (χ0) is 9.28. The van der Waals surface area contributed by atoms with Crippen molar-refractivity contribution in [1.82, 2.24) is 0 Å². The summed E-state index contributed by atoms with van der Waals surface area (Å²) in [7, 11) is 0. The molecule has 0 saturated heterocycles. The SMILES string of the molecule is CC(C)(CO)[C@H](O)C(F)(F)F. The lowest BCUT2D eigenvalue weighted by Crippen LogP contribution is -2.43. The molecule has 0 rings (SSSR count). The predicted molar refractivity (Wildman–Crippen MR) is 32.9 cm³/mol. The molecule has 0 aromatic rings. The van der Waals surface area contributed by atoms with Gasteiger partial charge in [-0.15, -0.1) is 0 Å². The molecule has 0 aromatic heterocycles. The van der Waals surface area contributed by atoms with Crippen molar-refractivity contribution in [3.05, 3.63) is 0 Å². The first-order chi connectivity index (χ1) is 4.72. The van der Waals surface area contributed by atoms with Gasteiger partial charge in [0.1, 0.15) is 0 Å². The van der Waals surface area contributed by atoms with Crippen molar-refractivity contribution in [2.75, 3.05) is 6.61 Å². The topological polar surface area (TPSA) is 40.5 Å². The second kappa shape index (κ2) is 2.98. The highest BCUT2D eigenvalue weighted by atomic mass is 19.4. The lowest BCUT2D eigenvalue weighted by atomic mass is 9.87. The molecule has 0 bridgehead atoms. The van der Waals surface area contributed by atoms with Crippen LogP contribution in [0.4, 0.5) is 13.2 Å². The molecule has 68 valence electrons. The Kier molecular flexibility index (Phi) is 2.91. The summed E-state index contributed by atoms with van der Waals surface area (Å²) in [6.45, 7) is 1.59. The van der Waals surface area contributed by atoms with E-state index in [2.05, 4.69) is 0 Å². The second-order valence-corrected chi connectivity index (χ2v) is 3.09. The zero-order valence-electron chi connectivity index (χ0n) is 6.31. The number of hydrogen-bond donors (Lipinski definition) is 2. The molecule has 5 heteroatoms. The van der Waals surface area contributed by atoms with Gasteiger partial charge in [-0.05, 0) is 0 Å². The first kappa shape index (κ1) is 10.7. The molecule has 0 heterocycles. The molecule has 0 aliphatic heterocycles. The fourth-order valence-corrected chi connectivity index (χ4v) is 0.530.